The van der Waals surface area contributed by atoms with Crippen LogP contribution in [0.5, 0.6) is 5.75 Å². The van der Waals surface area contributed by atoms with E-state index in [1.807, 2.05) is 37.3 Å². The maximum atomic E-state index is 14.1. The molecule has 1 atom stereocenters. The number of halogens is 1. The summed E-state index contributed by atoms with van der Waals surface area (Å²) in [4.78, 5) is 11.2. The van der Waals surface area contributed by atoms with Crippen LogP contribution in [-0.4, -0.2) is 16.7 Å². The Morgan fingerprint density at radius 2 is 1.86 bits per heavy atom. The van der Waals surface area contributed by atoms with E-state index in [2.05, 4.69) is 0 Å². The quantitative estimate of drug-likeness (QED) is 0.652. The first kappa shape index (κ1) is 18.2. The monoisotopic (exact) mass is 376 g/mol. The summed E-state index contributed by atoms with van der Waals surface area (Å²) in [7, 11) is 0. The van der Waals surface area contributed by atoms with Gasteiger partial charge in [-0.1, -0.05) is 42.5 Å². The highest BCUT2D eigenvalue weighted by atomic mass is 19.1. The Labute approximate surface area is 163 Å². The summed E-state index contributed by atoms with van der Waals surface area (Å²) in [6.07, 6.45) is 2.16. The van der Waals surface area contributed by atoms with Crippen molar-refractivity contribution in [3.63, 3.8) is 0 Å². The second-order valence-electron chi connectivity index (χ2n) is 7.53. The fourth-order valence-corrected chi connectivity index (χ4v) is 3.75. The number of benzene rings is 3. The molecule has 3 aromatic carbocycles. The molecule has 1 aliphatic rings. The number of aryl methyl sites for hydroxylation is 1. The van der Waals surface area contributed by atoms with Crippen molar-refractivity contribution >= 4 is 5.97 Å². The van der Waals surface area contributed by atoms with Gasteiger partial charge in [0.1, 0.15) is 17.2 Å². The average Bonchev–Trinajstić information content (AvgIpc) is 2.69. The maximum absolute atomic E-state index is 14.1. The zero-order valence-corrected chi connectivity index (χ0v) is 15.6. The first-order chi connectivity index (χ1) is 13.4. The van der Waals surface area contributed by atoms with E-state index in [4.69, 9.17) is 4.74 Å². The lowest BCUT2D eigenvalue weighted by Crippen LogP contribution is -2.38. The molecule has 0 fully saturated rings. The number of carbonyl (C=O) groups is 1. The first-order valence-electron chi connectivity index (χ1n) is 9.33. The Morgan fingerprint density at radius 1 is 1.07 bits per heavy atom. The van der Waals surface area contributed by atoms with Gasteiger partial charge in [-0.2, -0.15) is 0 Å². The van der Waals surface area contributed by atoms with Crippen LogP contribution in [0.25, 0.3) is 11.1 Å². The Bertz CT molecular complexity index is 1040. The van der Waals surface area contributed by atoms with E-state index in [0.717, 1.165) is 35.3 Å². The van der Waals surface area contributed by atoms with E-state index in [1.165, 1.54) is 6.07 Å². The normalized spacial score (nSPS) is 18.2. The highest BCUT2D eigenvalue weighted by Crippen LogP contribution is 2.38. The van der Waals surface area contributed by atoms with Gasteiger partial charge in [-0.05, 0) is 66.3 Å². The lowest BCUT2D eigenvalue weighted by atomic mass is 9.86. The average molecular weight is 376 g/mol. The first-order valence-corrected chi connectivity index (χ1v) is 9.33. The second kappa shape index (κ2) is 7.12. The summed E-state index contributed by atoms with van der Waals surface area (Å²) >= 11 is 0. The van der Waals surface area contributed by atoms with E-state index >= 15 is 0 Å². The fourth-order valence-electron chi connectivity index (χ4n) is 3.75. The van der Waals surface area contributed by atoms with Gasteiger partial charge in [0.15, 0.2) is 0 Å². The number of carboxylic acid groups (broad SMARTS) is 1. The van der Waals surface area contributed by atoms with Crippen LogP contribution >= 0.6 is 0 Å². The lowest BCUT2D eigenvalue weighted by Gasteiger charge is -2.36. The number of aromatic carboxylic acids is 1. The summed E-state index contributed by atoms with van der Waals surface area (Å²) in [5.41, 5.74) is 3.25. The molecule has 4 rings (SSSR count). The van der Waals surface area contributed by atoms with Crippen LogP contribution in [0.2, 0.25) is 0 Å². The van der Waals surface area contributed by atoms with Gasteiger partial charge in [-0.15, -0.1) is 0 Å². The molecule has 4 heteroatoms. The molecule has 3 nitrogen and oxygen atoms in total. The van der Waals surface area contributed by atoms with Crippen LogP contribution in [0, 0.1) is 5.82 Å². The molecule has 1 heterocycles. The predicted octanol–water partition coefficient (Wildman–Crippen LogP) is 5.52. The van der Waals surface area contributed by atoms with Gasteiger partial charge in [0.05, 0.1) is 5.56 Å². The summed E-state index contributed by atoms with van der Waals surface area (Å²) in [5.74, 6) is -0.380. The van der Waals surface area contributed by atoms with Crippen molar-refractivity contribution in [1.82, 2.24) is 0 Å². The Balaban J connectivity index is 1.63. The number of hydrogen-bond acceptors (Lipinski definition) is 2. The smallest absolute Gasteiger partial charge is 0.335 e. The molecule has 0 amide bonds. The molecule has 0 aliphatic carbocycles. The topological polar surface area (TPSA) is 46.5 Å². The Kier molecular flexibility index (Phi) is 4.63. The summed E-state index contributed by atoms with van der Waals surface area (Å²) in [6, 6.07) is 19.6. The van der Waals surface area contributed by atoms with Crippen LogP contribution in [-0.2, 0) is 12.8 Å². The van der Waals surface area contributed by atoms with Crippen molar-refractivity contribution in [2.45, 2.75) is 31.8 Å². The SMILES string of the molecule is C[C@]1(Cc2ccccc2F)CCc2ccc(-c3cccc(C(=O)O)c3)cc2O1. The van der Waals surface area contributed by atoms with Crippen LogP contribution in [0.15, 0.2) is 66.7 Å². The molecule has 0 radical (unpaired) electrons. The molecular formula is C24H21FO3. The molecule has 1 N–H and O–H groups in total. The minimum Gasteiger partial charge on any atom is -0.487 e. The minimum atomic E-state index is -0.950. The molecule has 0 unspecified atom stereocenters. The summed E-state index contributed by atoms with van der Waals surface area (Å²) < 4.78 is 20.4. The van der Waals surface area contributed by atoms with Crippen LogP contribution in [0.1, 0.15) is 34.8 Å². The van der Waals surface area contributed by atoms with Gasteiger partial charge in [-0.25, -0.2) is 9.18 Å². The van der Waals surface area contributed by atoms with Crippen molar-refractivity contribution in [3.05, 3.63) is 89.2 Å². The van der Waals surface area contributed by atoms with E-state index in [0.29, 0.717) is 12.0 Å². The van der Waals surface area contributed by atoms with Gasteiger partial charge in [0, 0.05) is 6.42 Å². The van der Waals surface area contributed by atoms with Crippen molar-refractivity contribution < 1.29 is 19.0 Å². The maximum Gasteiger partial charge on any atom is 0.335 e. The zero-order chi connectivity index (χ0) is 19.7. The van der Waals surface area contributed by atoms with Crippen molar-refractivity contribution in [2.24, 2.45) is 0 Å². The van der Waals surface area contributed by atoms with Gasteiger partial charge in [0.2, 0.25) is 0 Å². The van der Waals surface area contributed by atoms with E-state index in [1.54, 1.807) is 30.3 Å². The largest absolute Gasteiger partial charge is 0.487 e. The van der Waals surface area contributed by atoms with E-state index in [9.17, 15) is 14.3 Å². The standard InChI is InChI=1S/C24H21FO3/c1-24(15-20-5-2-3-8-21(20)25)12-11-16-9-10-18(14-22(16)28-24)17-6-4-7-19(13-17)23(26)27/h2-10,13-14H,11-12,15H2,1H3,(H,26,27)/t24-/m1/s1. The molecule has 0 saturated carbocycles. The number of fused-ring (bicyclic) bond motifs is 1. The Morgan fingerprint density at radius 3 is 2.64 bits per heavy atom. The van der Waals surface area contributed by atoms with E-state index < -0.39 is 11.6 Å². The number of carboxylic acids is 1. The summed E-state index contributed by atoms with van der Waals surface area (Å²) in [5, 5.41) is 9.22. The molecule has 1 aliphatic heterocycles. The van der Waals surface area contributed by atoms with Crippen molar-refractivity contribution in [2.75, 3.05) is 0 Å². The van der Waals surface area contributed by atoms with Gasteiger partial charge >= 0.3 is 5.97 Å². The van der Waals surface area contributed by atoms with Crippen LogP contribution < -0.4 is 4.74 Å². The molecule has 0 aromatic heterocycles. The molecule has 28 heavy (non-hydrogen) atoms. The van der Waals surface area contributed by atoms with Crippen molar-refractivity contribution in [3.8, 4) is 16.9 Å². The second-order valence-corrected chi connectivity index (χ2v) is 7.53. The number of ether oxygens (including phenoxy) is 1. The third-order valence-corrected chi connectivity index (χ3v) is 5.31. The zero-order valence-electron chi connectivity index (χ0n) is 15.6. The predicted molar refractivity (Wildman–Crippen MR) is 106 cm³/mol. The van der Waals surface area contributed by atoms with Gasteiger partial charge in [0.25, 0.3) is 0 Å². The van der Waals surface area contributed by atoms with Crippen LogP contribution in [0.3, 0.4) is 0 Å². The highest BCUT2D eigenvalue weighted by molar-refractivity contribution is 5.89. The molecule has 3 aromatic rings. The summed E-state index contributed by atoms with van der Waals surface area (Å²) in [6.45, 7) is 2.01. The van der Waals surface area contributed by atoms with Crippen LogP contribution in [0.4, 0.5) is 4.39 Å². The van der Waals surface area contributed by atoms with Gasteiger partial charge in [-0.3, -0.25) is 0 Å². The third kappa shape index (κ3) is 3.63. The molecule has 142 valence electrons. The third-order valence-electron chi connectivity index (χ3n) is 5.31. The van der Waals surface area contributed by atoms with E-state index in [-0.39, 0.29) is 11.4 Å². The minimum absolute atomic E-state index is 0.211. The number of rotatable bonds is 4. The molecule has 0 saturated heterocycles. The fraction of sp³-hybridized carbons (Fsp3) is 0.208. The van der Waals surface area contributed by atoms with Gasteiger partial charge < -0.3 is 9.84 Å². The molecule has 0 spiro atoms. The Hall–Kier alpha value is -3.14. The number of hydrogen-bond donors (Lipinski definition) is 1. The molecular weight excluding hydrogens is 355 g/mol. The lowest BCUT2D eigenvalue weighted by molar-refractivity contribution is 0.0646. The highest BCUT2D eigenvalue weighted by Gasteiger charge is 2.32. The van der Waals surface area contributed by atoms with Crippen molar-refractivity contribution in [1.29, 1.82) is 0 Å². The molecule has 0 bridgehead atoms.